The van der Waals surface area contributed by atoms with Crippen LogP contribution in [0.1, 0.15) is 43.2 Å². The number of aryl methyl sites for hydroxylation is 1. The number of furan rings is 1. The van der Waals surface area contributed by atoms with Gasteiger partial charge in [0.15, 0.2) is 4.80 Å². The summed E-state index contributed by atoms with van der Waals surface area (Å²) in [6.07, 6.45) is 1.45. The molecule has 1 aliphatic heterocycles. The fraction of sp³-hybridized carbons (Fsp3) is 0.286. The highest BCUT2D eigenvalue weighted by Gasteiger charge is 2.34. The smallest absolute Gasteiger partial charge is 0.338 e. The van der Waals surface area contributed by atoms with Crippen molar-refractivity contribution in [3.8, 4) is 0 Å². The maximum absolute atomic E-state index is 13.3. The van der Waals surface area contributed by atoms with E-state index in [0.29, 0.717) is 26.4 Å². The first kappa shape index (κ1) is 19.6. The molecule has 0 amide bonds. The van der Waals surface area contributed by atoms with Crippen molar-refractivity contribution in [3.05, 3.63) is 77.0 Å². The Morgan fingerprint density at radius 1 is 1.31 bits per heavy atom. The lowest BCUT2D eigenvalue weighted by molar-refractivity contribution is -0.143. The number of rotatable bonds is 4. The third-order valence-corrected chi connectivity index (χ3v) is 6.34. The molecule has 4 heterocycles. The molecule has 150 valence electrons. The second-order valence-electron chi connectivity index (χ2n) is 7.00. The normalized spacial score (nSPS) is 16.9. The van der Waals surface area contributed by atoms with Crippen LogP contribution in [0.15, 0.2) is 55.1 Å². The topological polar surface area (TPSA) is 73.8 Å². The minimum absolute atomic E-state index is 0.205. The molecule has 0 aromatic carbocycles. The molecule has 29 heavy (non-hydrogen) atoms. The molecule has 1 atom stereocenters. The van der Waals surface area contributed by atoms with Gasteiger partial charge in [-0.15, -0.1) is 11.3 Å². The number of allylic oxidation sites excluding steroid dienone is 1. The van der Waals surface area contributed by atoms with E-state index in [0.717, 1.165) is 10.6 Å². The number of nitrogens with zero attached hydrogens (tertiary/aromatic N) is 2. The van der Waals surface area contributed by atoms with Crippen molar-refractivity contribution in [2.75, 3.05) is 0 Å². The summed E-state index contributed by atoms with van der Waals surface area (Å²) in [5, 5.41) is 1.93. The van der Waals surface area contributed by atoms with Crippen LogP contribution in [-0.2, 0) is 9.53 Å². The van der Waals surface area contributed by atoms with Crippen LogP contribution in [0.2, 0.25) is 0 Å². The Labute approximate surface area is 175 Å². The van der Waals surface area contributed by atoms with E-state index < -0.39 is 12.0 Å². The molecule has 0 spiro atoms. The Bertz CT molecular complexity index is 1270. The number of hydrogen-bond donors (Lipinski definition) is 0. The van der Waals surface area contributed by atoms with Crippen LogP contribution in [0.4, 0.5) is 0 Å². The minimum atomic E-state index is -0.557. The molecule has 0 aliphatic carbocycles. The molecule has 0 bridgehead atoms. The standard InChI is InChI=1S/C21H20N2O4S2/c1-11(2)26-20(25)17-13(4)22-21-23(18(17)15-6-5-9-28-15)19(24)16(29-21)10-14-8-7-12(3)27-14/h5-11,18H,1-4H3/b16-10+/t18-/m1/s1. The first-order chi connectivity index (χ1) is 13.8. The van der Waals surface area contributed by atoms with Gasteiger partial charge >= 0.3 is 5.97 Å². The molecule has 0 radical (unpaired) electrons. The van der Waals surface area contributed by atoms with E-state index in [9.17, 15) is 9.59 Å². The largest absolute Gasteiger partial charge is 0.462 e. The molecular formula is C21H20N2O4S2. The highest BCUT2D eigenvalue weighted by molar-refractivity contribution is 7.10. The van der Waals surface area contributed by atoms with E-state index in [-0.39, 0.29) is 11.7 Å². The van der Waals surface area contributed by atoms with Gasteiger partial charge in [-0.3, -0.25) is 9.36 Å². The van der Waals surface area contributed by atoms with Crippen LogP contribution < -0.4 is 14.9 Å². The van der Waals surface area contributed by atoms with Crippen molar-refractivity contribution in [1.82, 2.24) is 4.57 Å². The number of thiophene rings is 1. The van der Waals surface area contributed by atoms with Gasteiger partial charge in [0.05, 0.1) is 21.9 Å². The van der Waals surface area contributed by atoms with Crippen LogP contribution in [0.3, 0.4) is 0 Å². The lowest BCUT2D eigenvalue weighted by Crippen LogP contribution is -2.39. The molecule has 0 saturated carbocycles. The summed E-state index contributed by atoms with van der Waals surface area (Å²) in [5.41, 5.74) is 0.758. The van der Waals surface area contributed by atoms with Crippen LogP contribution in [0, 0.1) is 6.92 Å². The van der Waals surface area contributed by atoms with Crippen LogP contribution in [0.5, 0.6) is 0 Å². The summed E-state index contributed by atoms with van der Waals surface area (Å²) >= 11 is 2.78. The fourth-order valence-electron chi connectivity index (χ4n) is 3.24. The molecule has 6 nitrogen and oxygen atoms in total. The van der Waals surface area contributed by atoms with Gasteiger partial charge in [-0.05, 0) is 51.3 Å². The number of thiazole rings is 1. The Kier molecular flexibility index (Phi) is 5.14. The van der Waals surface area contributed by atoms with Crippen molar-refractivity contribution in [1.29, 1.82) is 0 Å². The third kappa shape index (κ3) is 3.65. The summed E-state index contributed by atoms with van der Waals surface area (Å²) in [4.78, 5) is 32.2. The Hall–Kier alpha value is -2.71. The van der Waals surface area contributed by atoms with Gasteiger partial charge in [0.25, 0.3) is 5.56 Å². The second-order valence-corrected chi connectivity index (χ2v) is 8.99. The predicted octanol–water partition coefficient (Wildman–Crippen LogP) is 3.15. The van der Waals surface area contributed by atoms with Gasteiger partial charge in [-0.1, -0.05) is 17.4 Å². The maximum Gasteiger partial charge on any atom is 0.338 e. The first-order valence-corrected chi connectivity index (χ1v) is 10.9. The van der Waals surface area contributed by atoms with Crippen LogP contribution in [0.25, 0.3) is 6.08 Å². The number of carbonyl (C=O) groups is 1. The average molecular weight is 429 g/mol. The zero-order chi connectivity index (χ0) is 20.7. The van der Waals surface area contributed by atoms with Crippen LogP contribution in [-0.4, -0.2) is 16.6 Å². The van der Waals surface area contributed by atoms with Gasteiger partial charge in [0.2, 0.25) is 0 Å². The summed E-state index contributed by atoms with van der Waals surface area (Å²) in [6.45, 7) is 7.24. The molecule has 4 rings (SSSR count). The van der Waals surface area contributed by atoms with Crippen molar-refractivity contribution < 1.29 is 13.9 Å². The zero-order valence-corrected chi connectivity index (χ0v) is 18.1. The molecule has 0 unspecified atom stereocenters. The predicted molar refractivity (Wildman–Crippen MR) is 113 cm³/mol. The number of hydrogen-bond acceptors (Lipinski definition) is 7. The molecule has 0 N–H and O–H groups in total. The summed E-state index contributed by atoms with van der Waals surface area (Å²) < 4.78 is 13.1. The SMILES string of the molecule is CC1=C(C(=O)OC(C)C)[C@@H](c2cccs2)n2c(s/c(=C/c3ccc(C)o3)c2=O)=N1. The lowest BCUT2D eigenvalue weighted by Gasteiger charge is -2.24. The fourth-order valence-corrected chi connectivity index (χ4v) is 5.09. The van der Waals surface area contributed by atoms with Gasteiger partial charge < -0.3 is 9.15 Å². The summed E-state index contributed by atoms with van der Waals surface area (Å²) in [6, 6.07) is 6.94. The number of aromatic nitrogens is 1. The van der Waals surface area contributed by atoms with Crippen LogP contribution >= 0.6 is 22.7 Å². The third-order valence-electron chi connectivity index (χ3n) is 4.43. The quantitative estimate of drug-likeness (QED) is 0.599. The number of fused-ring (bicyclic) bond motifs is 1. The highest BCUT2D eigenvalue weighted by atomic mass is 32.1. The van der Waals surface area contributed by atoms with E-state index in [1.807, 2.05) is 36.6 Å². The molecule has 3 aromatic rings. The number of esters is 1. The Morgan fingerprint density at radius 2 is 2.10 bits per heavy atom. The van der Waals surface area contributed by atoms with Gasteiger partial charge in [-0.2, -0.15) is 0 Å². The second kappa shape index (κ2) is 7.61. The minimum Gasteiger partial charge on any atom is -0.462 e. The molecular weight excluding hydrogens is 408 g/mol. The number of ether oxygens (including phenoxy) is 1. The molecule has 0 saturated heterocycles. The van der Waals surface area contributed by atoms with E-state index >= 15 is 0 Å². The van der Waals surface area contributed by atoms with Gasteiger partial charge in [-0.25, -0.2) is 9.79 Å². The van der Waals surface area contributed by atoms with Gasteiger partial charge in [0.1, 0.15) is 17.6 Å². The van der Waals surface area contributed by atoms with Crippen molar-refractivity contribution in [2.24, 2.45) is 4.99 Å². The zero-order valence-electron chi connectivity index (χ0n) is 16.5. The Balaban J connectivity index is 1.93. The van der Waals surface area contributed by atoms with E-state index in [1.165, 1.54) is 22.7 Å². The van der Waals surface area contributed by atoms with Crippen molar-refractivity contribution in [2.45, 2.75) is 39.8 Å². The molecule has 3 aromatic heterocycles. The van der Waals surface area contributed by atoms with Crippen molar-refractivity contribution >= 4 is 34.7 Å². The lowest BCUT2D eigenvalue weighted by atomic mass is 10.0. The van der Waals surface area contributed by atoms with E-state index in [2.05, 4.69) is 4.99 Å². The first-order valence-electron chi connectivity index (χ1n) is 9.18. The highest BCUT2D eigenvalue weighted by Crippen LogP contribution is 2.33. The molecule has 0 fully saturated rings. The Morgan fingerprint density at radius 3 is 2.72 bits per heavy atom. The molecule has 8 heteroatoms. The number of carbonyl (C=O) groups excluding carboxylic acids is 1. The van der Waals surface area contributed by atoms with E-state index in [4.69, 9.17) is 9.15 Å². The summed E-state index contributed by atoms with van der Waals surface area (Å²) in [7, 11) is 0. The summed E-state index contributed by atoms with van der Waals surface area (Å²) in [5.74, 6) is 0.932. The van der Waals surface area contributed by atoms with Gasteiger partial charge in [0, 0.05) is 11.0 Å². The average Bonchev–Trinajstić information content (AvgIpc) is 3.36. The maximum atomic E-state index is 13.3. The molecule has 1 aliphatic rings. The van der Waals surface area contributed by atoms with Crippen molar-refractivity contribution in [3.63, 3.8) is 0 Å². The van der Waals surface area contributed by atoms with E-state index in [1.54, 1.807) is 31.4 Å². The monoisotopic (exact) mass is 428 g/mol.